The third-order valence-corrected chi connectivity index (χ3v) is 3.38. The molecule has 0 radical (unpaired) electrons. The van der Waals surface area contributed by atoms with Crippen LogP contribution in [-0.4, -0.2) is 35.8 Å². The van der Waals surface area contributed by atoms with Crippen LogP contribution in [0.3, 0.4) is 0 Å². The van der Waals surface area contributed by atoms with Gasteiger partial charge in [0.15, 0.2) is 0 Å². The van der Waals surface area contributed by atoms with Crippen LogP contribution >= 0.6 is 15.9 Å². The molecule has 5 heteroatoms. The quantitative estimate of drug-likeness (QED) is 0.826. The van der Waals surface area contributed by atoms with Gasteiger partial charge in [0.05, 0.1) is 19.4 Å². The highest BCUT2D eigenvalue weighted by Crippen LogP contribution is 2.13. The van der Waals surface area contributed by atoms with Crippen molar-refractivity contribution >= 4 is 15.9 Å². The lowest BCUT2D eigenvalue weighted by Crippen LogP contribution is -2.42. The average Bonchev–Trinajstić information content (AvgIpc) is 2.29. The Balaban J connectivity index is 2.19. The number of hydrogen-bond donors (Lipinski definition) is 0. The van der Waals surface area contributed by atoms with Gasteiger partial charge in [0.1, 0.15) is 0 Å². The van der Waals surface area contributed by atoms with Gasteiger partial charge in [-0.1, -0.05) is 15.9 Å². The zero-order chi connectivity index (χ0) is 11.5. The van der Waals surface area contributed by atoms with Gasteiger partial charge in [-0.2, -0.15) is 0 Å². The lowest BCUT2D eigenvalue weighted by atomic mass is 10.3. The molecule has 1 unspecified atom stereocenters. The number of nitrogens with zero attached hydrogens (tertiary/aromatic N) is 2. The second-order valence-corrected chi connectivity index (χ2v) is 4.79. The molecule has 0 bridgehead atoms. The molecule has 1 saturated heterocycles. The summed E-state index contributed by atoms with van der Waals surface area (Å²) < 4.78 is 7.87. The molecule has 4 nitrogen and oxygen atoms in total. The van der Waals surface area contributed by atoms with Gasteiger partial charge in [0.25, 0.3) is 5.56 Å². The van der Waals surface area contributed by atoms with Crippen molar-refractivity contribution < 1.29 is 4.74 Å². The maximum Gasteiger partial charge on any atom is 0.252 e. The molecule has 1 aliphatic heterocycles. The summed E-state index contributed by atoms with van der Waals surface area (Å²) in [6, 6.07) is 3.48. The summed E-state index contributed by atoms with van der Waals surface area (Å²) in [6.45, 7) is 5.29. The smallest absolute Gasteiger partial charge is 0.252 e. The highest BCUT2D eigenvalue weighted by molar-refractivity contribution is 9.10. The summed E-state index contributed by atoms with van der Waals surface area (Å²) in [5, 5.41) is 0. The number of aromatic nitrogens is 1. The van der Waals surface area contributed by atoms with Gasteiger partial charge in [-0.05, 0) is 13.0 Å². The molecule has 0 N–H and O–H groups in total. The third-order valence-electron chi connectivity index (χ3n) is 2.89. The largest absolute Gasteiger partial charge is 0.379 e. The van der Waals surface area contributed by atoms with Crippen LogP contribution < -0.4 is 5.56 Å². The first-order valence-electron chi connectivity index (χ1n) is 5.38. The second-order valence-electron chi connectivity index (χ2n) is 3.87. The summed E-state index contributed by atoms with van der Waals surface area (Å²) in [5.41, 5.74) is 0.0216. The van der Waals surface area contributed by atoms with Crippen molar-refractivity contribution in [2.24, 2.45) is 0 Å². The van der Waals surface area contributed by atoms with Crippen LogP contribution in [0.5, 0.6) is 0 Å². The first-order valence-corrected chi connectivity index (χ1v) is 6.17. The minimum Gasteiger partial charge on any atom is -0.379 e. The summed E-state index contributed by atoms with van der Waals surface area (Å²) >= 11 is 3.29. The van der Waals surface area contributed by atoms with Crippen molar-refractivity contribution in [3.8, 4) is 0 Å². The predicted molar refractivity (Wildman–Crippen MR) is 65.5 cm³/mol. The molecule has 1 aromatic rings. The second kappa shape index (κ2) is 5.12. The molecule has 0 spiro atoms. The van der Waals surface area contributed by atoms with E-state index in [1.165, 1.54) is 0 Å². The van der Waals surface area contributed by atoms with Crippen LogP contribution in [0, 0.1) is 0 Å². The average molecular weight is 287 g/mol. The maximum absolute atomic E-state index is 11.8. The predicted octanol–water partition coefficient (Wildman–Crippen LogP) is 1.46. The molecule has 16 heavy (non-hydrogen) atoms. The van der Waals surface area contributed by atoms with Gasteiger partial charge in [-0.3, -0.25) is 14.3 Å². The Kier molecular flexibility index (Phi) is 3.78. The van der Waals surface area contributed by atoms with Gasteiger partial charge >= 0.3 is 0 Å². The first-order chi connectivity index (χ1) is 7.68. The van der Waals surface area contributed by atoms with E-state index in [9.17, 15) is 4.79 Å². The Labute approximate surface area is 103 Å². The van der Waals surface area contributed by atoms with E-state index in [1.54, 1.807) is 10.6 Å². The van der Waals surface area contributed by atoms with E-state index in [0.29, 0.717) is 0 Å². The zero-order valence-electron chi connectivity index (χ0n) is 9.23. The molecule has 1 aromatic heterocycles. The lowest BCUT2D eigenvalue weighted by Gasteiger charge is -2.33. The van der Waals surface area contributed by atoms with Gasteiger partial charge in [-0.15, -0.1) is 0 Å². The van der Waals surface area contributed by atoms with Gasteiger partial charge in [0, 0.05) is 29.8 Å². The van der Waals surface area contributed by atoms with E-state index < -0.39 is 0 Å². The number of ether oxygens (including phenoxy) is 1. The van der Waals surface area contributed by atoms with Crippen LogP contribution in [0.1, 0.15) is 13.1 Å². The Morgan fingerprint density at radius 3 is 2.75 bits per heavy atom. The van der Waals surface area contributed by atoms with Crippen molar-refractivity contribution in [2.75, 3.05) is 26.3 Å². The molecule has 2 heterocycles. The van der Waals surface area contributed by atoms with E-state index in [4.69, 9.17) is 4.74 Å². The Morgan fingerprint density at radius 2 is 2.12 bits per heavy atom. The molecule has 0 aromatic carbocycles. The molecule has 1 atom stereocenters. The molecule has 1 aliphatic rings. The van der Waals surface area contributed by atoms with Crippen molar-refractivity contribution in [2.45, 2.75) is 13.1 Å². The van der Waals surface area contributed by atoms with Crippen LogP contribution in [0.15, 0.2) is 27.6 Å². The molecule has 88 valence electrons. The van der Waals surface area contributed by atoms with E-state index in [1.807, 2.05) is 19.2 Å². The SMILES string of the molecule is CC(N1CCOCC1)n1ccc(Br)cc1=O. The molecule has 0 saturated carbocycles. The van der Waals surface area contributed by atoms with Crippen LogP contribution in [0.4, 0.5) is 0 Å². The normalized spacial score (nSPS) is 19.6. The first kappa shape index (κ1) is 11.8. The van der Waals surface area contributed by atoms with Crippen LogP contribution in [0.2, 0.25) is 0 Å². The summed E-state index contributed by atoms with van der Waals surface area (Å²) in [7, 11) is 0. The maximum atomic E-state index is 11.8. The number of pyridine rings is 1. The minimum absolute atomic E-state index is 0.0216. The van der Waals surface area contributed by atoms with E-state index in [2.05, 4.69) is 20.8 Å². The topological polar surface area (TPSA) is 34.5 Å². The monoisotopic (exact) mass is 286 g/mol. The minimum atomic E-state index is 0.0216. The summed E-state index contributed by atoms with van der Waals surface area (Å²) in [5.74, 6) is 0. The van der Waals surface area contributed by atoms with Gasteiger partial charge in [0.2, 0.25) is 0 Å². The van der Waals surface area contributed by atoms with Crippen LogP contribution in [0.25, 0.3) is 0 Å². The van der Waals surface area contributed by atoms with Crippen molar-refractivity contribution in [1.82, 2.24) is 9.47 Å². The van der Waals surface area contributed by atoms with Crippen molar-refractivity contribution in [1.29, 1.82) is 0 Å². The Bertz CT molecular complexity index is 413. The highest BCUT2D eigenvalue weighted by Gasteiger charge is 2.18. The van der Waals surface area contributed by atoms with E-state index in [-0.39, 0.29) is 11.7 Å². The standard InChI is InChI=1S/C11H15BrN2O2/c1-9(13-4-6-16-7-5-13)14-3-2-10(12)8-11(14)15/h2-3,8-9H,4-7H2,1H3. The summed E-state index contributed by atoms with van der Waals surface area (Å²) in [6.07, 6.45) is 1.91. The van der Waals surface area contributed by atoms with E-state index >= 15 is 0 Å². The van der Waals surface area contributed by atoms with Gasteiger partial charge in [-0.25, -0.2) is 0 Å². The molecule has 1 fully saturated rings. The molecule has 2 rings (SSSR count). The fourth-order valence-electron chi connectivity index (χ4n) is 1.90. The fourth-order valence-corrected chi connectivity index (χ4v) is 2.22. The third kappa shape index (κ3) is 2.53. The zero-order valence-corrected chi connectivity index (χ0v) is 10.8. The van der Waals surface area contributed by atoms with Crippen molar-refractivity contribution in [3.05, 3.63) is 33.2 Å². The Hall–Kier alpha value is -0.650. The molecule has 0 aliphatic carbocycles. The molecular formula is C11H15BrN2O2. The highest BCUT2D eigenvalue weighted by atomic mass is 79.9. The fraction of sp³-hybridized carbons (Fsp3) is 0.545. The number of hydrogen-bond acceptors (Lipinski definition) is 3. The number of morpholine rings is 1. The van der Waals surface area contributed by atoms with Crippen molar-refractivity contribution in [3.63, 3.8) is 0 Å². The number of halogens is 1. The lowest BCUT2D eigenvalue weighted by molar-refractivity contribution is 0.00277. The molecule has 0 amide bonds. The van der Waals surface area contributed by atoms with Crippen LogP contribution in [-0.2, 0) is 4.74 Å². The molecular weight excluding hydrogens is 272 g/mol. The summed E-state index contributed by atoms with van der Waals surface area (Å²) in [4.78, 5) is 14.0. The van der Waals surface area contributed by atoms with Gasteiger partial charge < -0.3 is 4.74 Å². The number of rotatable bonds is 2. The van der Waals surface area contributed by atoms with E-state index in [0.717, 1.165) is 30.8 Å². The Morgan fingerprint density at radius 1 is 1.44 bits per heavy atom.